The number of Topliss-reactive ketones (excluding diaryl/α,β-unsaturated/α-hetero) is 1. The van der Waals surface area contributed by atoms with Gasteiger partial charge in [0.1, 0.15) is 0 Å². The Bertz CT molecular complexity index is 621. The molecular formula is C22H24O. The van der Waals surface area contributed by atoms with Crippen LogP contribution >= 0.6 is 0 Å². The summed E-state index contributed by atoms with van der Waals surface area (Å²) in [6.45, 7) is 5.56. The molecule has 118 valence electrons. The van der Waals surface area contributed by atoms with Gasteiger partial charge in [-0.25, -0.2) is 0 Å². The average molecular weight is 304 g/mol. The maximum absolute atomic E-state index is 10.6. The normalized spacial score (nSPS) is 8.83. The third-order valence-electron chi connectivity index (χ3n) is 3.06. The molecule has 23 heavy (non-hydrogen) atoms. The predicted octanol–water partition coefficient (Wildman–Crippen LogP) is 6.27. The molecule has 0 fully saturated rings. The standard InChI is InChI=1S/C12H10.C8H8O.C2H6/c1-3-7-11(8-4-1)12-9-5-2-6-10-12;1-7(9)8-5-3-2-4-6-8;1-2/h1-10H;2-6H,1H3;1-2H3. The van der Waals surface area contributed by atoms with E-state index in [0.29, 0.717) is 0 Å². The number of ketones is 1. The summed E-state index contributed by atoms with van der Waals surface area (Å²) in [5.41, 5.74) is 3.33. The third kappa shape index (κ3) is 6.75. The highest BCUT2D eigenvalue weighted by molar-refractivity contribution is 5.93. The van der Waals surface area contributed by atoms with Crippen molar-refractivity contribution in [2.24, 2.45) is 0 Å². The van der Waals surface area contributed by atoms with Crippen molar-refractivity contribution in [1.82, 2.24) is 0 Å². The minimum absolute atomic E-state index is 0.121. The maximum atomic E-state index is 10.6. The topological polar surface area (TPSA) is 17.1 Å². The molecule has 0 bridgehead atoms. The molecule has 0 aliphatic heterocycles. The quantitative estimate of drug-likeness (QED) is 0.510. The van der Waals surface area contributed by atoms with Crippen LogP contribution in [0.3, 0.4) is 0 Å². The molecule has 0 heterocycles. The highest BCUT2D eigenvalue weighted by Gasteiger charge is 1.93. The lowest BCUT2D eigenvalue weighted by Gasteiger charge is -1.98. The monoisotopic (exact) mass is 304 g/mol. The Hall–Kier alpha value is -2.67. The summed E-state index contributed by atoms with van der Waals surface area (Å²) >= 11 is 0. The highest BCUT2D eigenvalue weighted by atomic mass is 16.1. The van der Waals surface area contributed by atoms with Crippen LogP contribution in [0.1, 0.15) is 31.1 Å². The molecule has 0 spiro atoms. The molecule has 0 unspecified atom stereocenters. The van der Waals surface area contributed by atoms with Crippen LogP contribution in [-0.4, -0.2) is 5.78 Å². The number of benzene rings is 3. The van der Waals surface area contributed by atoms with Crippen LogP contribution in [0.2, 0.25) is 0 Å². The summed E-state index contributed by atoms with van der Waals surface area (Å²) in [5, 5.41) is 0. The summed E-state index contributed by atoms with van der Waals surface area (Å²) in [7, 11) is 0. The number of carbonyl (C=O) groups excluding carboxylic acids is 1. The van der Waals surface area contributed by atoms with E-state index in [9.17, 15) is 4.79 Å². The Morgan fingerprint density at radius 2 is 0.870 bits per heavy atom. The van der Waals surface area contributed by atoms with Crippen molar-refractivity contribution in [2.45, 2.75) is 20.8 Å². The zero-order valence-corrected chi connectivity index (χ0v) is 14.1. The summed E-state index contributed by atoms with van der Waals surface area (Å²) in [6.07, 6.45) is 0. The molecule has 3 aromatic carbocycles. The maximum Gasteiger partial charge on any atom is 0.159 e. The van der Waals surface area contributed by atoms with Gasteiger partial charge in [-0.3, -0.25) is 4.79 Å². The Morgan fingerprint density at radius 3 is 1.13 bits per heavy atom. The molecule has 0 aliphatic rings. The van der Waals surface area contributed by atoms with Gasteiger partial charge in [-0.05, 0) is 18.1 Å². The molecule has 0 aromatic heterocycles. The van der Waals surface area contributed by atoms with Crippen LogP contribution in [0.4, 0.5) is 0 Å². The van der Waals surface area contributed by atoms with Crippen LogP contribution in [-0.2, 0) is 0 Å². The van der Waals surface area contributed by atoms with Gasteiger partial charge in [0.15, 0.2) is 5.78 Å². The third-order valence-corrected chi connectivity index (χ3v) is 3.06. The molecule has 0 N–H and O–H groups in total. The second-order valence-electron chi connectivity index (χ2n) is 4.65. The van der Waals surface area contributed by atoms with Crippen molar-refractivity contribution in [3.05, 3.63) is 96.6 Å². The number of hydrogen-bond donors (Lipinski definition) is 0. The lowest BCUT2D eigenvalue weighted by atomic mass is 10.1. The summed E-state index contributed by atoms with van der Waals surface area (Å²) < 4.78 is 0. The van der Waals surface area contributed by atoms with E-state index in [-0.39, 0.29) is 5.78 Å². The van der Waals surface area contributed by atoms with Gasteiger partial charge < -0.3 is 0 Å². The van der Waals surface area contributed by atoms with E-state index < -0.39 is 0 Å². The van der Waals surface area contributed by atoms with E-state index in [0.717, 1.165) is 5.56 Å². The molecule has 3 rings (SSSR count). The molecule has 1 nitrogen and oxygen atoms in total. The highest BCUT2D eigenvalue weighted by Crippen LogP contribution is 2.17. The van der Waals surface area contributed by atoms with Crippen LogP contribution in [0.25, 0.3) is 11.1 Å². The summed E-state index contributed by atoms with van der Waals surface area (Å²) in [4.78, 5) is 10.6. The fourth-order valence-electron chi connectivity index (χ4n) is 1.93. The van der Waals surface area contributed by atoms with Crippen molar-refractivity contribution in [3.63, 3.8) is 0 Å². The fourth-order valence-corrected chi connectivity index (χ4v) is 1.93. The Kier molecular flexibility index (Phi) is 8.77. The molecule has 1 heteroatoms. The Morgan fingerprint density at radius 1 is 0.565 bits per heavy atom. The summed E-state index contributed by atoms with van der Waals surface area (Å²) in [5.74, 6) is 0.121. The number of rotatable bonds is 2. The van der Waals surface area contributed by atoms with Crippen molar-refractivity contribution in [3.8, 4) is 11.1 Å². The lowest BCUT2D eigenvalue weighted by molar-refractivity contribution is 0.101. The molecule has 0 aliphatic carbocycles. The van der Waals surface area contributed by atoms with E-state index in [1.807, 2.05) is 56.3 Å². The van der Waals surface area contributed by atoms with Gasteiger partial charge in [0.2, 0.25) is 0 Å². The first-order valence-corrected chi connectivity index (χ1v) is 7.94. The van der Waals surface area contributed by atoms with Crippen LogP contribution in [0, 0.1) is 0 Å². The van der Waals surface area contributed by atoms with Gasteiger partial charge in [-0.15, -0.1) is 0 Å². The number of hydrogen-bond acceptors (Lipinski definition) is 1. The van der Waals surface area contributed by atoms with Crippen molar-refractivity contribution >= 4 is 5.78 Å². The molecular weight excluding hydrogens is 280 g/mol. The van der Waals surface area contributed by atoms with Crippen molar-refractivity contribution in [2.75, 3.05) is 0 Å². The van der Waals surface area contributed by atoms with Gasteiger partial charge in [-0.2, -0.15) is 0 Å². The van der Waals surface area contributed by atoms with Crippen molar-refractivity contribution < 1.29 is 4.79 Å². The molecule has 0 amide bonds. The largest absolute Gasteiger partial charge is 0.295 e. The minimum Gasteiger partial charge on any atom is -0.295 e. The first-order valence-electron chi connectivity index (χ1n) is 7.94. The molecule has 3 aromatic rings. The van der Waals surface area contributed by atoms with Gasteiger partial charge in [0.25, 0.3) is 0 Å². The molecule has 0 radical (unpaired) electrons. The minimum atomic E-state index is 0.121. The van der Waals surface area contributed by atoms with E-state index in [1.165, 1.54) is 11.1 Å². The van der Waals surface area contributed by atoms with Gasteiger partial charge >= 0.3 is 0 Å². The van der Waals surface area contributed by atoms with Crippen LogP contribution in [0.5, 0.6) is 0 Å². The molecule has 0 atom stereocenters. The van der Waals surface area contributed by atoms with E-state index >= 15 is 0 Å². The van der Waals surface area contributed by atoms with E-state index in [1.54, 1.807) is 6.92 Å². The van der Waals surface area contributed by atoms with E-state index in [2.05, 4.69) is 48.5 Å². The van der Waals surface area contributed by atoms with Crippen molar-refractivity contribution in [1.29, 1.82) is 0 Å². The number of carbonyl (C=O) groups is 1. The Balaban J connectivity index is 0.000000215. The predicted molar refractivity (Wildman–Crippen MR) is 99.7 cm³/mol. The average Bonchev–Trinajstić information content (AvgIpc) is 2.66. The zero-order valence-electron chi connectivity index (χ0n) is 14.1. The fraction of sp³-hybridized carbons (Fsp3) is 0.136. The Labute approximate surface area is 139 Å². The van der Waals surface area contributed by atoms with Gasteiger partial charge in [0.05, 0.1) is 0 Å². The second-order valence-corrected chi connectivity index (χ2v) is 4.65. The first-order chi connectivity index (χ1) is 11.3. The first kappa shape index (κ1) is 18.4. The second kappa shape index (κ2) is 11.0. The molecule has 0 saturated carbocycles. The molecule has 0 saturated heterocycles. The SMILES string of the molecule is CC.CC(=O)c1ccccc1.c1ccc(-c2ccccc2)cc1. The van der Waals surface area contributed by atoms with Crippen LogP contribution in [0.15, 0.2) is 91.0 Å². The smallest absolute Gasteiger partial charge is 0.159 e. The summed E-state index contributed by atoms with van der Waals surface area (Å²) in [6, 6.07) is 30.0. The van der Waals surface area contributed by atoms with Gasteiger partial charge in [0, 0.05) is 5.56 Å². The zero-order chi connectivity index (χ0) is 16.9. The lowest BCUT2D eigenvalue weighted by Crippen LogP contribution is -1.88. The van der Waals surface area contributed by atoms with E-state index in [4.69, 9.17) is 0 Å². The van der Waals surface area contributed by atoms with Crippen LogP contribution < -0.4 is 0 Å². The van der Waals surface area contributed by atoms with Gasteiger partial charge in [-0.1, -0.05) is 105 Å².